The van der Waals surface area contributed by atoms with Gasteiger partial charge in [0.2, 0.25) is 5.91 Å². The molecule has 3 aromatic rings. The summed E-state index contributed by atoms with van der Waals surface area (Å²) in [6.07, 6.45) is -4.36. The molecule has 0 unspecified atom stereocenters. The summed E-state index contributed by atoms with van der Waals surface area (Å²) in [6.45, 7) is -0.147. The normalized spacial score (nSPS) is 11.4. The second kappa shape index (κ2) is 8.52. The SMILES string of the molecule is O=C(O)CCc1ccc(-c2cccs2)n1CC(=O)Nc1cccc(C(F)(F)F)c1. The lowest BCUT2D eigenvalue weighted by Gasteiger charge is -2.14. The highest BCUT2D eigenvalue weighted by Gasteiger charge is 2.30. The predicted molar refractivity (Wildman–Crippen MR) is 104 cm³/mol. The fraction of sp³-hybridized carbons (Fsp3) is 0.200. The molecule has 0 saturated heterocycles. The second-order valence-corrected chi connectivity index (χ2v) is 7.24. The summed E-state index contributed by atoms with van der Waals surface area (Å²) in [4.78, 5) is 24.3. The maximum atomic E-state index is 12.9. The Labute approximate surface area is 168 Å². The lowest BCUT2D eigenvalue weighted by molar-refractivity contribution is -0.138. The Hall–Kier alpha value is -3.07. The molecule has 0 saturated carbocycles. The van der Waals surface area contributed by atoms with Gasteiger partial charge in [0, 0.05) is 11.4 Å². The number of aryl methyl sites for hydroxylation is 1. The first-order valence-electron chi connectivity index (χ1n) is 8.65. The first kappa shape index (κ1) is 20.7. The monoisotopic (exact) mass is 422 g/mol. The molecule has 0 radical (unpaired) electrons. The van der Waals surface area contributed by atoms with Gasteiger partial charge in [-0.05, 0) is 48.2 Å². The Bertz CT molecular complexity index is 1010. The second-order valence-electron chi connectivity index (χ2n) is 6.29. The number of aliphatic carboxylic acids is 1. The van der Waals surface area contributed by atoms with E-state index in [0.717, 1.165) is 22.7 Å². The number of carboxylic acids is 1. The largest absolute Gasteiger partial charge is 0.481 e. The van der Waals surface area contributed by atoms with Gasteiger partial charge in [-0.25, -0.2) is 0 Å². The first-order chi connectivity index (χ1) is 13.7. The minimum Gasteiger partial charge on any atom is -0.481 e. The maximum absolute atomic E-state index is 12.9. The van der Waals surface area contributed by atoms with Crippen LogP contribution < -0.4 is 5.32 Å². The third-order valence-electron chi connectivity index (χ3n) is 4.22. The molecule has 9 heteroatoms. The molecule has 0 aliphatic rings. The number of carboxylic acid groups (broad SMARTS) is 1. The molecule has 2 N–H and O–H groups in total. The number of hydrogen-bond donors (Lipinski definition) is 2. The van der Waals surface area contributed by atoms with Gasteiger partial charge in [0.25, 0.3) is 0 Å². The van der Waals surface area contributed by atoms with Crippen LogP contribution in [0.4, 0.5) is 18.9 Å². The lowest BCUT2D eigenvalue weighted by Crippen LogP contribution is -2.21. The Morgan fingerprint density at radius 3 is 2.55 bits per heavy atom. The van der Waals surface area contributed by atoms with E-state index in [4.69, 9.17) is 5.11 Å². The molecule has 2 aromatic heterocycles. The molecule has 0 fully saturated rings. The zero-order chi connectivity index (χ0) is 21.0. The smallest absolute Gasteiger partial charge is 0.416 e. The van der Waals surface area contributed by atoms with Crippen LogP contribution in [-0.4, -0.2) is 21.6 Å². The summed E-state index contributed by atoms with van der Waals surface area (Å²) >= 11 is 1.47. The number of aromatic nitrogens is 1. The Kier molecular flexibility index (Phi) is 6.07. The highest BCUT2D eigenvalue weighted by Crippen LogP contribution is 2.31. The third-order valence-corrected chi connectivity index (χ3v) is 5.11. The number of amides is 1. The van der Waals surface area contributed by atoms with E-state index in [1.54, 1.807) is 16.7 Å². The number of carbonyl (C=O) groups excluding carboxylic acids is 1. The zero-order valence-corrected chi connectivity index (χ0v) is 15.9. The van der Waals surface area contributed by atoms with Crippen LogP contribution in [0.25, 0.3) is 10.6 Å². The van der Waals surface area contributed by atoms with Crippen molar-refractivity contribution in [1.29, 1.82) is 0 Å². The van der Waals surface area contributed by atoms with Crippen LogP contribution in [0.15, 0.2) is 53.9 Å². The summed E-state index contributed by atoms with van der Waals surface area (Å²) in [5.41, 5.74) is 0.606. The highest BCUT2D eigenvalue weighted by molar-refractivity contribution is 7.13. The van der Waals surface area contributed by atoms with Gasteiger partial charge in [0.15, 0.2) is 0 Å². The number of nitrogens with zero attached hydrogens (tertiary/aromatic N) is 1. The summed E-state index contributed by atoms with van der Waals surface area (Å²) in [5, 5.41) is 13.3. The number of benzene rings is 1. The van der Waals surface area contributed by atoms with Crippen LogP contribution in [0.1, 0.15) is 17.7 Å². The average Bonchev–Trinajstić information content (AvgIpc) is 3.29. The summed E-state index contributed by atoms with van der Waals surface area (Å²) in [6, 6.07) is 11.7. The van der Waals surface area contributed by atoms with Crippen LogP contribution in [-0.2, 0) is 28.7 Å². The van der Waals surface area contributed by atoms with E-state index >= 15 is 0 Å². The first-order valence-corrected chi connectivity index (χ1v) is 9.53. The van der Waals surface area contributed by atoms with Crippen molar-refractivity contribution in [3.05, 3.63) is 65.2 Å². The van der Waals surface area contributed by atoms with Crippen molar-refractivity contribution >= 4 is 28.9 Å². The van der Waals surface area contributed by atoms with Gasteiger partial charge < -0.3 is 15.0 Å². The van der Waals surface area contributed by atoms with E-state index in [1.807, 2.05) is 17.5 Å². The van der Waals surface area contributed by atoms with Crippen molar-refractivity contribution in [2.75, 3.05) is 5.32 Å². The lowest BCUT2D eigenvalue weighted by atomic mass is 10.2. The molecule has 3 rings (SSSR count). The molecule has 0 atom stereocenters. The van der Waals surface area contributed by atoms with Crippen LogP contribution in [0.2, 0.25) is 0 Å². The number of halogens is 3. The van der Waals surface area contributed by atoms with E-state index in [2.05, 4.69) is 5.32 Å². The Balaban J connectivity index is 1.82. The summed E-state index contributed by atoms with van der Waals surface area (Å²) in [5.74, 6) is -1.46. The molecule has 0 aliphatic heterocycles. The zero-order valence-electron chi connectivity index (χ0n) is 15.1. The highest BCUT2D eigenvalue weighted by atomic mass is 32.1. The standard InChI is InChI=1S/C20H17F3N2O3S/c21-20(22,23)13-3-1-4-14(11-13)24-18(26)12-25-15(7-9-19(27)28)6-8-16(25)17-5-2-10-29-17/h1-6,8,10-11H,7,9,12H2,(H,24,26)(H,27,28). The Morgan fingerprint density at radius 1 is 1.10 bits per heavy atom. The van der Waals surface area contributed by atoms with Crippen LogP contribution >= 0.6 is 11.3 Å². The number of carbonyl (C=O) groups is 2. The van der Waals surface area contributed by atoms with E-state index in [9.17, 15) is 22.8 Å². The topological polar surface area (TPSA) is 71.3 Å². The van der Waals surface area contributed by atoms with E-state index in [1.165, 1.54) is 23.5 Å². The molecule has 152 valence electrons. The van der Waals surface area contributed by atoms with Crippen molar-refractivity contribution in [2.24, 2.45) is 0 Å². The Morgan fingerprint density at radius 2 is 1.90 bits per heavy atom. The number of nitrogens with one attached hydrogen (secondary N) is 1. The fourth-order valence-electron chi connectivity index (χ4n) is 2.91. The van der Waals surface area contributed by atoms with Gasteiger partial charge in [0.05, 0.1) is 22.6 Å². The quantitative estimate of drug-likeness (QED) is 0.569. The molecule has 1 amide bonds. The summed E-state index contributed by atoms with van der Waals surface area (Å²) in [7, 11) is 0. The molecule has 1 aromatic carbocycles. The summed E-state index contributed by atoms with van der Waals surface area (Å²) < 4.78 is 40.3. The minimum atomic E-state index is -4.50. The number of anilines is 1. The van der Waals surface area contributed by atoms with Crippen molar-refractivity contribution < 1.29 is 27.9 Å². The van der Waals surface area contributed by atoms with Gasteiger partial charge in [-0.15, -0.1) is 11.3 Å². The van der Waals surface area contributed by atoms with Gasteiger partial charge >= 0.3 is 12.1 Å². The van der Waals surface area contributed by atoms with Crippen molar-refractivity contribution in [1.82, 2.24) is 4.57 Å². The molecule has 0 bridgehead atoms. The van der Waals surface area contributed by atoms with Crippen LogP contribution in [0, 0.1) is 0 Å². The van der Waals surface area contributed by atoms with E-state index in [-0.39, 0.29) is 25.1 Å². The number of rotatable bonds is 7. The van der Waals surface area contributed by atoms with E-state index < -0.39 is 23.6 Å². The average molecular weight is 422 g/mol. The fourth-order valence-corrected chi connectivity index (χ4v) is 3.67. The van der Waals surface area contributed by atoms with Gasteiger partial charge in [-0.2, -0.15) is 13.2 Å². The van der Waals surface area contributed by atoms with Crippen molar-refractivity contribution in [2.45, 2.75) is 25.6 Å². The molecular formula is C20H17F3N2O3S. The van der Waals surface area contributed by atoms with Crippen LogP contribution in [0.5, 0.6) is 0 Å². The molecule has 5 nitrogen and oxygen atoms in total. The molecule has 2 heterocycles. The minimum absolute atomic E-state index is 0.0433. The maximum Gasteiger partial charge on any atom is 0.416 e. The molecule has 0 spiro atoms. The van der Waals surface area contributed by atoms with Crippen molar-refractivity contribution in [3.63, 3.8) is 0 Å². The predicted octanol–water partition coefficient (Wildman–Crippen LogP) is 4.89. The van der Waals surface area contributed by atoms with E-state index in [0.29, 0.717) is 5.69 Å². The van der Waals surface area contributed by atoms with Gasteiger partial charge in [-0.3, -0.25) is 9.59 Å². The third kappa shape index (κ3) is 5.26. The van der Waals surface area contributed by atoms with Gasteiger partial charge in [-0.1, -0.05) is 12.1 Å². The molecule has 0 aliphatic carbocycles. The number of thiophene rings is 1. The van der Waals surface area contributed by atoms with Crippen molar-refractivity contribution in [3.8, 4) is 10.6 Å². The van der Waals surface area contributed by atoms with Crippen LogP contribution in [0.3, 0.4) is 0 Å². The van der Waals surface area contributed by atoms with Gasteiger partial charge in [0.1, 0.15) is 6.54 Å². The number of hydrogen-bond acceptors (Lipinski definition) is 3. The number of alkyl halides is 3. The molecule has 29 heavy (non-hydrogen) atoms. The molecular weight excluding hydrogens is 405 g/mol.